The number of nitrogens with zero attached hydrogens (tertiary/aromatic N) is 3. The Morgan fingerprint density at radius 3 is 1.01 bits per heavy atom. The predicted molar refractivity (Wildman–Crippen MR) is 336 cm³/mol. The molecule has 0 unspecified atom stereocenters. The van der Waals surface area contributed by atoms with Crippen molar-refractivity contribution < 1.29 is 0 Å². The fourth-order valence-corrected chi connectivity index (χ4v) is 13.4. The Morgan fingerprint density at radius 1 is 0.250 bits per heavy atom. The summed E-state index contributed by atoms with van der Waals surface area (Å²) < 4.78 is 7.99. The quantitative estimate of drug-likeness (QED) is 0.0390. The number of hydrogen-bond donors (Lipinski definition) is 1. The van der Waals surface area contributed by atoms with Crippen LogP contribution in [0.3, 0.4) is 0 Å². The summed E-state index contributed by atoms with van der Waals surface area (Å²) in [7, 11) is 0. The molecule has 0 aliphatic carbocycles. The van der Waals surface area contributed by atoms with Crippen molar-refractivity contribution in [3.8, 4) is 11.1 Å². The zero-order valence-corrected chi connectivity index (χ0v) is 47.6. The normalized spacial score (nSPS) is 12.3. The number of para-hydroxylation sites is 2. The van der Waals surface area contributed by atoms with Crippen molar-refractivity contribution in [2.45, 2.75) is 233 Å². The van der Waals surface area contributed by atoms with Gasteiger partial charge in [-0.1, -0.05) is 243 Å². The summed E-state index contributed by atoms with van der Waals surface area (Å²) in [6.07, 6.45) is 40.8. The standard InChI is InChI=1S/C72H94N4/c1-4-7-10-13-16-19-22-25-28-35-46-74-67-40-33-31-38-57(67)62-51-66-60(52-70(62)74)59-49-55(42-44-65(59)73-66)56-43-45-69-61(50-56)64-54-71-63(53-72(64)76(69)48-37-30-27-24-21-18-15-12-9-6-3)58-39-32-34-41-68(58)75(71)47-36-29-26-23-20-17-14-11-8-5-2/h31-34,38-45,49-54,73H,4-30,35-37,46-48H2,1-3H3. The summed E-state index contributed by atoms with van der Waals surface area (Å²) >= 11 is 0. The van der Waals surface area contributed by atoms with E-state index in [-0.39, 0.29) is 0 Å². The lowest BCUT2D eigenvalue weighted by Crippen LogP contribution is -1.99. The first-order valence-electron chi connectivity index (χ1n) is 31.6. The molecule has 0 saturated carbocycles. The summed E-state index contributed by atoms with van der Waals surface area (Å²) in [6, 6.07) is 43.0. The van der Waals surface area contributed by atoms with Gasteiger partial charge >= 0.3 is 0 Å². The number of benzene rings is 6. The van der Waals surface area contributed by atoms with Gasteiger partial charge in [-0.3, -0.25) is 0 Å². The second-order valence-electron chi connectivity index (χ2n) is 23.5. The van der Waals surface area contributed by atoms with E-state index in [1.54, 1.807) is 0 Å². The third-order valence-corrected chi connectivity index (χ3v) is 17.8. The van der Waals surface area contributed by atoms with E-state index < -0.39 is 0 Å². The molecule has 0 aliphatic heterocycles. The number of aryl methyl sites for hydroxylation is 3. The lowest BCUT2D eigenvalue weighted by Gasteiger charge is -2.10. The Labute approximate surface area is 457 Å². The van der Waals surface area contributed by atoms with Crippen LogP contribution in [0.15, 0.2) is 109 Å². The molecule has 0 atom stereocenters. The van der Waals surface area contributed by atoms with Gasteiger partial charge in [-0.05, 0) is 91.1 Å². The highest BCUT2D eigenvalue weighted by molar-refractivity contribution is 6.20. The maximum atomic E-state index is 3.87. The highest BCUT2D eigenvalue weighted by Gasteiger charge is 2.19. The average molecular weight is 1020 g/mol. The minimum absolute atomic E-state index is 1.06. The average Bonchev–Trinajstić information content (AvgIpc) is 4.18. The van der Waals surface area contributed by atoms with Crippen molar-refractivity contribution in [3.05, 3.63) is 109 Å². The second-order valence-corrected chi connectivity index (χ2v) is 23.5. The van der Waals surface area contributed by atoms with E-state index in [0.29, 0.717) is 0 Å². The Balaban J connectivity index is 0.946. The van der Waals surface area contributed by atoms with Crippen molar-refractivity contribution in [3.63, 3.8) is 0 Å². The van der Waals surface area contributed by atoms with Crippen molar-refractivity contribution in [1.29, 1.82) is 0 Å². The molecule has 76 heavy (non-hydrogen) atoms. The Hall–Kier alpha value is -5.48. The first kappa shape index (κ1) is 53.9. The molecule has 10 aromatic rings. The fourth-order valence-electron chi connectivity index (χ4n) is 13.4. The molecule has 402 valence electrons. The van der Waals surface area contributed by atoms with Crippen LogP contribution in [-0.4, -0.2) is 18.7 Å². The van der Waals surface area contributed by atoms with Gasteiger partial charge in [-0.15, -0.1) is 0 Å². The minimum Gasteiger partial charge on any atom is -0.354 e. The van der Waals surface area contributed by atoms with Gasteiger partial charge in [0.2, 0.25) is 0 Å². The molecule has 4 heteroatoms. The predicted octanol–water partition coefficient (Wildman–Crippen LogP) is 23.1. The van der Waals surface area contributed by atoms with Gasteiger partial charge in [0.05, 0.1) is 0 Å². The summed E-state index contributed by atoms with van der Waals surface area (Å²) in [5, 5.41) is 10.9. The zero-order chi connectivity index (χ0) is 51.9. The number of H-pyrrole nitrogens is 1. The van der Waals surface area contributed by atoms with Crippen LogP contribution >= 0.6 is 0 Å². The van der Waals surface area contributed by atoms with Crippen LogP contribution in [0.5, 0.6) is 0 Å². The van der Waals surface area contributed by atoms with Crippen LogP contribution in [0.1, 0.15) is 213 Å². The van der Waals surface area contributed by atoms with Crippen molar-refractivity contribution in [1.82, 2.24) is 18.7 Å². The van der Waals surface area contributed by atoms with Gasteiger partial charge in [0, 0.05) is 107 Å². The van der Waals surface area contributed by atoms with E-state index in [1.165, 1.54) is 291 Å². The molecule has 0 bridgehead atoms. The SMILES string of the molecule is CCCCCCCCCCCCn1c2ccccc2c2cc3[nH]c4ccc(-c5ccc6c(c5)c5cc7c(cc5n6CCCCCCCCCCCC)c5ccccc5n7CCCCCCCCCCCC)cc4c3cc21. The molecular weight excluding hydrogens is 921 g/mol. The molecular formula is C72H94N4. The number of aromatic amines is 1. The van der Waals surface area contributed by atoms with Crippen LogP contribution in [0.2, 0.25) is 0 Å². The molecule has 4 heterocycles. The smallest absolute Gasteiger partial charge is 0.0499 e. The molecule has 4 aromatic heterocycles. The molecule has 0 amide bonds. The molecule has 0 fully saturated rings. The minimum atomic E-state index is 1.06. The monoisotopic (exact) mass is 1010 g/mol. The number of hydrogen-bond acceptors (Lipinski definition) is 0. The molecule has 0 radical (unpaired) electrons. The van der Waals surface area contributed by atoms with Crippen LogP contribution in [-0.2, 0) is 19.6 Å². The third-order valence-electron chi connectivity index (χ3n) is 17.8. The van der Waals surface area contributed by atoms with E-state index in [1.807, 2.05) is 0 Å². The summed E-state index contributed by atoms with van der Waals surface area (Å²) in [5.41, 5.74) is 13.3. The fraction of sp³-hybridized carbons (Fsp3) is 0.500. The van der Waals surface area contributed by atoms with Crippen molar-refractivity contribution in [2.24, 2.45) is 0 Å². The lowest BCUT2D eigenvalue weighted by atomic mass is 10.00. The Morgan fingerprint density at radius 2 is 0.566 bits per heavy atom. The maximum Gasteiger partial charge on any atom is 0.0499 e. The Bertz CT molecular complexity index is 3420. The molecule has 0 spiro atoms. The van der Waals surface area contributed by atoms with E-state index in [9.17, 15) is 0 Å². The first-order valence-corrected chi connectivity index (χ1v) is 31.6. The van der Waals surface area contributed by atoms with E-state index >= 15 is 0 Å². The first-order chi connectivity index (χ1) is 37.7. The van der Waals surface area contributed by atoms with Gasteiger partial charge in [0.15, 0.2) is 0 Å². The largest absolute Gasteiger partial charge is 0.354 e. The lowest BCUT2D eigenvalue weighted by molar-refractivity contribution is 0.541. The molecule has 4 nitrogen and oxygen atoms in total. The number of unbranched alkanes of at least 4 members (excludes halogenated alkanes) is 27. The molecule has 0 aliphatic rings. The molecule has 0 saturated heterocycles. The topological polar surface area (TPSA) is 30.6 Å². The molecule has 6 aromatic carbocycles. The van der Waals surface area contributed by atoms with Gasteiger partial charge < -0.3 is 18.7 Å². The number of aromatic nitrogens is 4. The molecule has 10 rings (SSSR count). The van der Waals surface area contributed by atoms with Gasteiger partial charge in [-0.2, -0.15) is 0 Å². The van der Waals surface area contributed by atoms with E-state index in [2.05, 4.69) is 149 Å². The second kappa shape index (κ2) is 27.2. The van der Waals surface area contributed by atoms with E-state index in [4.69, 9.17) is 0 Å². The number of rotatable bonds is 34. The highest BCUT2D eigenvalue weighted by atomic mass is 15.0. The van der Waals surface area contributed by atoms with Gasteiger partial charge in [-0.25, -0.2) is 0 Å². The van der Waals surface area contributed by atoms with Gasteiger partial charge in [0.1, 0.15) is 0 Å². The Kier molecular flexibility index (Phi) is 19.3. The van der Waals surface area contributed by atoms with Crippen molar-refractivity contribution in [2.75, 3.05) is 0 Å². The third kappa shape index (κ3) is 12.4. The van der Waals surface area contributed by atoms with Crippen LogP contribution in [0, 0.1) is 0 Å². The van der Waals surface area contributed by atoms with Gasteiger partial charge in [0.25, 0.3) is 0 Å². The summed E-state index contributed by atoms with van der Waals surface area (Å²) in [5.74, 6) is 0. The number of nitrogens with one attached hydrogen (secondary N) is 1. The van der Waals surface area contributed by atoms with E-state index in [0.717, 1.165) is 19.6 Å². The summed E-state index contributed by atoms with van der Waals surface area (Å²) in [4.78, 5) is 3.87. The zero-order valence-electron chi connectivity index (χ0n) is 47.6. The molecule has 1 N–H and O–H groups in total. The van der Waals surface area contributed by atoms with Crippen molar-refractivity contribution >= 4 is 87.2 Å². The summed E-state index contributed by atoms with van der Waals surface area (Å²) in [6.45, 7) is 10.1. The van der Waals surface area contributed by atoms with Crippen LogP contribution in [0.25, 0.3) is 98.4 Å². The van der Waals surface area contributed by atoms with Crippen LogP contribution in [0.4, 0.5) is 0 Å². The number of fused-ring (bicyclic) bond motifs is 12. The van der Waals surface area contributed by atoms with Crippen LogP contribution < -0.4 is 0 Å². The highest BCUT2D eigenvalue weighted by Crippen LogP contribution is 2.41. The maximum absolute atomic E-state index is 3.87.